The molecular weight excluding hydrogens is 222 g/mol. The van der Waals surface area contributed by atoms with Crippen LogP contribution in [0.3, 0.4) is 0 Å². The molecule has 92 valence electrons. The summed E-state index contributed by atoms with van der Waals surface area (Å²) in [6.07, 6.45) is 2.12. The first-order chi connectivity index (χ1) is 7.86. The molecule has 0 amide bonds. The Morgan fingerprint density at radius 1 is 1.31 bits per heavy atom. The number of rotatable bonds is 9. The van der Waals surface area contributed by atoms with Crippen LogP contribution in [0.2, 0.25) is 0 Å². The van der Waals surface area contributed by atoms with Gasteiger partial charge in [0.15, 0.2) is 0 Å². The average Bonchev–Trinajstić information content (AvgIpc) is 2.76. The van der Waals surface area contributed by atoms with Gasteiger partial charge in [-0.2, -0.15) is 0 Å². The van der Waals surface area contributed by atoms with Crippen LogP contribution in [0.4, 0.5) is 0 Å². The van der Waals surface area contributed by atoms with Crippen LogP contribution in [0.15, 0.2) is 12.1 Å². The Hall–Kier alpha value is -0.420. The van der Waals surface area contributed by atoms with Crippen molar-refractivity contribution in [2.45, 2.75) is 26.3 Å². The summed E-state index contributed by atoms with van der Waals surface area (Å²) < 4.78 is 5.17. The lowest BCUT2D eigenvalue weighted by Crippen LogP contribution is -2.16. The van der Waals surface area contributed by atoms with E-state index in [2.05, 4.69) is 24.4 Å². The summed E-state index contributed by atoms with van der Waals surface area (Å²) in [5, 5.41) is 11.9. The van der Waals surface area contributed by atoms with Crippen LogP contribution in [-0.2, 0) is 17.7 Å². The molecule has 0 radical (unpaired) electrons. The lowest BCUT2D eigenvalue weighted by molar-refractivity contribution is 0.0907. The number of ether oxygens (including phenoxy) is 1. The number of hydrogen-bond acceptors (Lipinski definition) is 4. The summed E-state index contributed by atoms with van der Waals surface area (Å²) in [7, 11) is 0. The maximum absolute atomic E-state index is 8.50. The van der Waals surface area contributed by atoms with Gasteiger partial charge in [-0.15, -0.1) is 11.3 Å². The largest absolute Gasteiger partial charge is 0.394 e. The van der Waals surface area contributed by atoms with E-state index in [0.717, 1.165) is 32.5 Å². The molecule has 0 aromatic carbocycles. The minimum absolute atomic E-state index is 0.114. The van der Waals surface area contributed by atoms with Gasteiger partial charge < -0.3 is 15.2 Å². The minimum Gasteiger partial charge on any atom is -0.394 e. The molecular formula is C12H21NO2S. The fourth-order valence-electron chi connectivity index (χ4n) is 1.38. The summed E-state index contributed by atoms with van der Waals surface area (Å²) in [5.41, 5.74) is 0. The Kier molecular flexibility index (Phi) is 7.42. The first kappa shape index (κ1) is 13.6. The zero-order valence-electron chi connectivity index (χ0n) is 9.87. The van der Waals surface area contributed by atoms with E-state index in [1.54, 1.807) is 0 Å². The quantitative estimate of drug-likeness (QED) is 0.650. The Morgan fingerprint density at radius 2 is 2.12 bits per heavy atom. The van der Waals surface area contributed by atoms with Gasteiger partial charge in [0.1, 0.15) is 0 Å². The van der Waals surface area contributed by atoms with Gasteiger partial charge in [0.25, 0.3) is 0 Å². The van der Waals surface area contributed by atoms with Gasteiger partial charge in [0.05, 0.1) is 13.2 Å². The highest BCUT2D eigenvalue weighted by atomic mass is 32.1. The lowest BCUT2D eigenvalue weighted by Gasteiger charge is -2.03. The smallest absolute Gasteiger partial charge is 0.0697 e. The molecule has 1 rings (SSSR count). The van der Waals surface area contributed by atoms with E-state index in [9.17, 15) is 0 Å². The van der Waals surface area contributed by atoms with Crippen molar-refractivity contribution >= 4 is 11.3 Å². The Bertz CT molecular complexity index is 276. The molecule has 0 saturated heterocycles. The molecule has 16 heavy (non-hydrogen) atoms. The van der Waals surface area contributed by atoms with Crippen LogP contribution < -0.4 is 5.32 Å². The molecule has 0 aliphatic heterocycles. The van der Waals surface area contributed by atoms with Gasteiger partial charge >= 0.3 is 0 Å². The molecule has 4 heteroatoms. The van der Waals surface area contributed by atoms with Gasteiger partial charge in [-0.25, -0.2) is 0 Å². The topological polar surface area (TPSA) is 41.5 Å². The van der Waals surface area contributed by atoms with Gasteiger partial charge in [-0.05, 0) is 31.5 Å². The second kappa shape index (κ2) is 8.70. The number of aryl methyl sites for hydroxylation is 1. The molecule has 0 aliphatic carbocycles. The highest BCUT2D eigenvalue weighted by Crippen LogP contribution is 2.16. The van der Waals surface area contributed by atoms with Crippen LogP contribution in [-0.4, -0.2) is 31.5 Å². The summed E-state index contributed by atoms with van der Waals surface area (Å²) in [4.78, 5) is 2.84. The van der Waals surface area contributed by atoms with Crippen LogP contribution in [0.5, 0.6) is 0 Å². The molecule has 0 aliphatic rings. The second-order valence-electron chi connectivity index (χ2n) is 3.59. The predicted octanol–water partition coefficient (Wildman–Crippen LogP) is 1.80. The van der Waals surface area contributed by atoms with E-state index in [-0.39, 0.29) is 6.61 Å². The van der Waals surface area contributed by atoms with E-state index in [0.29, 0.717) is 6.61 Å². The fraction of sp³-hybridized carbons (Fsp3) is 0.667. The average molecular weight is 243 g/mol. The third kappa shape index (κ3) is 5.61. The van der Waals surface area contributed by atoms with Crippen molar-refractivity contribution in [3.8, 4) is 0 Å². The number of thiophene rings is 1. The maximum Gasteiger partial charge on any atom is 0.0697 e. The van der Waals surface area contributed by atoms with Crippen LogP contribution in [0.1, 0.15) is 23.1 Å². The van der Waals surface area contributed by atoms with E-state index >= 15 is 0 Å². The first-order valence-electron chi connectivity index (χ1n) is 5.83. The molecule has 1 aromatic rings. The minimum atomic E-state index is 0.114. The monoisotopic (exact) mass is 243 g/mol. The Labute approximate surface area is 101 Å². The zero-order chi connectivity index (χ0) is 11.6. The van der Waals surface area contributed by atoms with Crippen molar-refractivity contribution in [3.05, 3.63) is 21.9 Å². The van der Waals surface area contributed by atoms with Crippen molar-refractivity contribution in [1.82, 2.24) is 5.32 Å². The molecule has 0 bridgehead atoms. The SMILES string of the molecule is CCc1ccc(CNCCCOCCO)s1. The number of aliphatic hydroxyl groups excluding tert-OH is 1. The number of hydrogen-bond donors (Lipinski definition) is 2. The molecule has 0 spiro atoms. The van der Waals surface area contributed by atoms with Crippen molar-refractivity contribution in [2.75, 3.05) is 26.4 Å². The first-order valence-corrected chi connectivity index (χ1v) is 6.65. The fourth-order valence-corrected chi connectivity index (χ4v) is 2.31. The normalized spacial score (nSPS) is 10.9. The van der Waals surface area contributed by atoms with Gasteiger partial charge in [0.2, 0.25) is 0 Å². The van der Waals surface area contributed by atoms with Gasteiger partial charge in [0, 0.05) is 22.9 Å². The van der Waals surface area contributed by atoms with Crippen molar-refractivity contribution in [1.29, 1.82) is 0 Å². The van der Waals surface area contributed by atoms with E-state index < -0.39 is 0 Å². The van der Waals surface area contributed by atoms with Crippen molar-refractivity contribution < 1.29 is 9.84 Å². The molecule has 0 fully saturated rings. The third-order valence-electron chi connectivity index (χ3n) is 2.24. The van der Waals surface area contributed by atoms with Crippen LogP contribution in [0.25, 0.3) is 0 Å². The number of nitrogens with one attached hydrogen (secondary N) is 1. The Morgan fingerprint density at radius 3 is 2.81 bits per heavy atom. The lowest BCUT2D eigenvalue weighted by atomic mass is 10.3. The molecule has 1 heterocycles. The molecule has 0 saturated carbocycles. The van der Waals surface area contributed by atoms with Gasteiger partial charge in [-0.1, -0.05) is 6.92 Å². The van der Waals surface area contributed by atoms with Crippen molar-refractivity contribution in [3.63, 3.8) is 0 Å². The second-order valence-corrected chi connectivity index (χ2v) is 4.84. The highest BCUT2D eigenvalue weighted by molar-refractivity contribution is 7.11. The van der Waals surface area contributed by atoms with Crippen molar-refractivity contribution in [2.24, 2.45) is 0 Å². The molecule has 1 aromatic heterocycles. The van der Waals surface area contributed by atoms with Crippen LogP contribution >= 0.6 is 11.3 Å². The summed E-state index contributed by atoms with van der Waals surface area (Å²) >= 11 is 1.88. The summed E-state index contributed by atoms with van der Waals surface area (Å²) in [5.74, 6) is 0. The predicted molar refractivity (Wildman–Crippen MR) is 67.9 cm³/mol. The highest BCUT2D eigenvalue weighted by Gasteiger charge is 1.97. The zero-order valence-corrected chi connectivity index (χ0v) is 10.7. The van der Waals surface area contributed by atoms with Crippen LogP contribution in [0, 0.1) is 0 Å². The third-order valence-corrected chi connectivity index (χ3v) is 3.47. The molecule has 2 N–H and O–H groups in total. The van der Waals surface area contributed by atoms with E-state index in [4.69, 9.17) is 9.84 Å². The van der Waals surface area contributed by atoms with E-state index in [1.165, 1.54) is 9.75 Å². The summed E-state index contributed by atoms with van der Waals surface area (Å²) in [6.45, 7) is 5.38. The standard InChI is InChI=1S/C12H21NO2S/c1-2-11-4-5-12(16-11)10-13-6-3-8-15-9-7-14/h4-5,13-14H,2-3,6-10H2,1H3. The molecule has 3 nitrogen and oxygen atoms in total. The van der Waals surface area contributed by atoms with E-state index in [1.807, 2.05) is 11.3 Å². The molecule has 0 unspecified atom stereocenters. The Balaban J connectivity index is 1.98. The molecule has 0 atom stereocenters. The van der Waals surface area contributed by atoms with Gasteiger partial charge in [-0.3, -0.25) is 0 Å². The summed E-state index contributed by atoms with van der Waals surface area (Å²) in [6, 6.07) is 4.39. The number of aliphatic hydroxyl groups is 1. The maximum atomic E-state index is 8.50.